The van der Waals surface area contributed by atoms with Crippen molar-refractivity contribution in [3.63, 3.8) is 0 Å². The number of anilines is 2. The van der Waals surface area contributed by atoms with Crippen molar-refractivity contribution in [2.45, 2.75) is 19.6 Å². The van der Waals surface area contributed by atoms with Crippen LogP contribution in [0.5, 0.6) is 5.75 Å². The molecule has 2 aliphatic heterocycles. The Morgan fingerprint density at radius 1 is 1.11 bits per heavy atom. The molecule has 0 bridgehead atoms. The van der Waals surface area contributed by atoms with Gasteiger partial charge in [-0.1, -0.05) is 12.1 Å². The molecular formula is C27H34FN5O5. The van der Waals surface area contributed by atoms with Gasteiger partial charge in [-0.2, -0.15) is 0 Å². The highest BCUT2D eigenvalue weighted by molar-refractivity contribution is 5.90. The number of nitrogens with one attached hydrogen (secondary N) is 1. The summed E-state index contributed by atoms with van der Waals surface area (Å²) in [6.45, 7) is 4.46. The number of amides is 3. The van der Waals surface area contributed by atoms with Gasteiger partial charge in [0.05, 0.1) is 24.5 Å². The molecule has 2 aromatic rings. The van der Waals surface area contributed by atoms with Gasteiger partial charge in [0.25, 0.3) is 5.91 Å². The van der Waals surface area contributed by atoms with Crippen molar-refractivity contribution in [3.05, 3.63) is 53.8 Å². The van der Waals surface area contributed by atoms with Gasteiger partial charge in [0.1, 0.15) is 17.7 Å². The lowest BCUT2D eigenvalue weighted by Crippen LogP contribution is -2.50. The van der Waals surface area contributed by atoms with Crippen LogP contribution in [0.1, 0.15) is 12.5 Å². The SMILES string of the molecule is CC(=O)NC[C@H]1CN(c2ccc(N3CCN(C(=O)COc4ccc(CN(C)C)cc4)CC3)c(F)c2)C(=O)O1. The summed E-state index contributed by atoms with van der Waals surface area (Å²) >= 11 is 0. The lowest BCUT2D eigenvalue weighted by molar-refractivity contribution is -0.133. The van der Waals surface area contributed by atoms with Crippen LogP contribution in [-0.4, -0.2) is 93.8 Å². The Morgan fingerprint density at radius 3 is 2.45 bits per heavy atom. The number of rotatable bonds is 9. The zero-order chi connectivity index (χ0) is 27.2. The van der Waals surface area contributed by atoms with Gasteiger partial charge >= 0.3 is 6.09 Å². The van der Waals surface area contributed by atoms with Crippen LogP contribution in [0.2, 0.25) is 0 Å². The maximum atomic E-state index is 15.0. The number of carbonyl (C=O) groups is 3. The average Bonchev–Trinajstić information content (AvgIpc) is 3.27. The van der Waals surface area contributed by atoms with Crippen molar-refractivity contribution in [2.75, 3.05) is 69.8 Å². The van der Waals surface area contributed by atoms with E-state index in [4.69, 9.17) is 9.47 Å². The number of hydrogen-bond acceptors (Lipinski definition) is 7. The van der Waals surface area contributed by atoms with Crippen LogP contribution in [0.3, 0.4) is 0 Å². The highest BCUT2D eigenvalue weighted by Crippen LogP contribution is 2.28. The summed E-state index contributed by atoms with van der Waals surface area (Å²) in [6.07, 6.45) is -1.07. The molecule has 0 spiro atoms. The topological polar surface area (TPSA) is 94.7 Å². The maximum Gasteiger partial charge on any atom is 0.414 e. The number of cyclic esters (lactones) is 1. The molecular weight excluding hydrogens is 493 g/mol. The zero-order valence-corrected chi connectivity index (χ0v) is 22.0. The minimum atomic E-state index is -0.577. The minimum absolute atomic E-state index is 0.0506. The van der Waals surface area contributed by atoms with Crippen molar-refractivity contribution in [1.82, 2.24) is 15.1 Å². The number of halogens is 1. The molecule has 38 heavy (non-hydrogen) atoms. The predicted molar refractivity (Wildman–Crippen MR) is 141 cm³/mol. The molecule has 0 unspecified atom stereocenters. The fourth-order valence-corrected chi connectivity index (χ4v) is 4.51. The highest BCUT2D eigenvalue weighted by Gasteiger charge is 2.33. The van der Waals surface area contributed by atoms with E-state index in [-0.39, 0.29) is 31.5 Å². The monoisotopic (exact) mass is 527 g/mol. The van der Waals surface area contributed by atoms with E-state index in [1.807, 2.05) is 43.3 Å². The van der Waals surface area contributed by atoms with Gasteiger partial charge in [-0.05, 0) is 50.0 Å². The van der Waals surface area contributed by atoms with Crippen molar-refractivity contribution in [2.24, 2.45) is 0 Å². The molecule has 204 valence electrons. The lowest BCUT2D eigenvalue weighted by Gasteiger charge is -2.36. The molecule has 0 aromatic heterocycles. The molecule has 1 atom stereocenters. The number of ether oxygens (including phenoxy) is 2. The second-order valence-electron chi connectivity index (χ2n) is 9.73. The Bertz CT molecular complexity index is 1150. The zero-order valence-electron chi connectivity index (χ0n) is 22.0. The number of nitrogens with zero attached hydrogens (tertiary/aromatic N) is 4. The van der Waals surface area contributed by atoms with Gasteiger partial charge in [0.15, 0.2) is 6.61 Å². The summed E-state index contributed by atoms with van der Waals surface area (Å²) < 4.78 is 26.0. The number of hydrogen-bond donors (Lipinski definition) is 1. The van der Waals surface area contributed by atoms with Gasteiger partial charge in [0.2, 0.25) is 5.91 Å². The van der Waals surface area contributed by atoms with E-state index < -0.39 is 18.0 Å². The van der Waals surface area contributed by atoms with Crippen LogP contribution >= 0.6 is 0 Å². The first kappa shape index (κ1) is 27.2. The van der Waals surface area contributed by atoms with Gasteiger partial charge < -0.3 is 29.5 Å². The van der Waals surface area contributed by atoms with Crippen LogP contribution in [0, 0.1) is 5.82 Å². The maximum absolute atomic E-state index is 15.0. The normalized spacial score (nSPS) is 17.6. The quantitative estimate of drug-likeness (QED) is 0.534. The molecule has 0 aliphatic carbocycles. The molecule has 0 radical (unpaired) electrons. The second-order valence-corrected chi connectivity index (χ2v) is 9.73. The standard InChI is InChI=1S/C27H34FN5O5/c1-19(34)29-15-23-17-33(27(36)38-23)21-6-9-25(24(28)14-21)31-10-12-32(13-11-31)26(35)18-37-22-7-4-20(5-8-22)16-30(2)3/h4-9,14,23H,10-13,15-18H2,1-3H3,(H,29,34)/t23-/m0/s1. The Hall–Kier alpha value is -3.86. The lowest BCUT2D eigenvalue weighted by atomic mass is 10.2. The van der Waals surface area contributed by atoms with Gasteiger partial charge in [-0.15, -0.1) is 0 Å². The predicted octanol–water partition coefficient (Wildman–Crippen LogP) is 2.08. The molecule has 11 heteroatoms. The van der Waals surface area contributed by atoms with Crippen molar-refractivity contribution in [3.8, 4) is 5.75 Å². The molecule has 2 aromatic carbocycles. The first-order valence-corrected chi connectivity index (χ1v) is 12.6. The molecule has 4 rings (SSSR count). The van der Waals surface area contributed by atoms with Crippen molar-refractivity contribution < 1.29 is 28.2 Å². The summed E-state index contributed by atoms with van der Waals surface area (Å²) in [5.41, 5.74) is 1.97. The first-order valence-electron chi connectivity index (χ1n) is 12.6. The van der Waals surface area contributed by atoms with E-state index in [1.54, 1.807) is 17.0 Å². The van der Waals surface area contributed by atoms with E-state index in [0.29, 0.717) is 43.3 Å². The first-order chi connectivity index (χ1) is 18.2. The summed E-state index contributed by atoms with van der Waals surface area (Å²) in [5, 5.41) is 2.62. The summed E-state index contributed by atoms with van der Waals surface area (Å²) in [4.78, 5) is 43.0. The smallest absolute Gasteiger partial charge is 0.414 e. The van der Waals surface area contributed by atoms with Crippen molar-refractivity contribution >= 4 is 29.3 Å². The molecule has 2 saturated heterocycles. The van der Waals surface area contributed by atoms with Crippen LogP contribution in [0.25, 0.3) is 0 Å². The minimum Gasteiger partial charge on any atom is -0.484 e. The molecule has 2 heterocycles. The summed E-state index contributed by atoms with van der Waals surface area (Å²) in [6, 6.07) is 12.3. The molecule has 3 amide bonds. The molecule has 1 N–H and O–H groups in total. The van der Waals surface area contributed by atoms with E-state index in [9.17, 15) is 14.4 Å². The van der Waals surface area contributed by atoms with Crippen LogP contribution in [0.15, 0.2) is 42.5 Å². The van der Waals surface area contributed by atoms with E-state index in [0.717, 1.165) is 12.1 Å². The third-order valence-electron chi connectivity index (χ3n) is 6.45. The number of piperazine rings is 1. The third kappa shape index (κ3) is 6.91. The average molecular weight is 528 g/mol. The van der Waals surface area contributed by atoms with E-state index in [2.05, 4.69) is 10.2 Å². The molecule has 2 aliphatic rings. The highest BCUT2D eigenvalue weighted by atomic mass is 19.1. The summed E-state index contributed by atoms with van der Waals surface area (Å²) in [7, 11) is 4.01. The Kier molecular flexibility index (Phi) is 8.67. The summed E-state index contributed by atoms with van der Waals surface area (Å²) in [5.74, 6) is -0.139. The van der Waals surface area contributed by atoms with Crippen LogP contribution in [-0.2, 0) is 20.9 Å². The Labute approximate surface area is 221 Å². The molecule has 10 nitrogen and oxygen atoms in total. The van der Waals surface area contributed by atoms with Crippen molar-refractivity contribution in [1.29, 1.82) is 0 Å². The Balaban J connectivity index is 1.26. The van der Waals surface area contributed by atoms with Gasteiger partial charge in [0, 0.05) is 39.6 Å². The second kappa shape index (κ2) is 12.1. The number of benzene rings is 2. The van der Waals surface area contributed by atoms with E-state index in [1.165, 1.54) is 17.9 Å². The van der Waals surface area contributed by atoms with Crippen LogP contribution in [0.4, 0.5) is 20.6 Å². The van der Waals surface area contributed by atoms with E-state index >= 15 is 4.39 Å². The molecule has 0 saturated carbocycles. The van der Waals surface area contributed by atoms with Gasteiger partial charge in [-0.3, -0.25) is 14.5 Å². The third-order valence-corrected chi connectivity index (χ3v) is 6.45. The number of carbonyl (C=O) groups excluding carboxylic acids is 3. The Morgan fingerprint density at radius 2 is 1.82 bits per heavy atom. The fourth-order valence-electron chi connectivity index (χ4n) is 4.51. The fraction of sp³-hybridized carbons (Fsp3) is 0.444. The van der Waals surface area contributed by atoms with Gasteiger partial charge in [-0.25, -0.2) is 9.18 Å². The molecule has 2 fully saturated rings. The van der Waals surface area contributed by atoms with Crippen LogP contribution < -0.4 is 19.9 Å². The largest absolute Gasteiger partial charge is 0.484 e.